The Morgan fingerprint density at radius 2 is 1.90 bits per heavy atom. The van der Waals surface area contributed by atoms with Crippen molar-refractivity contribution < 1.29 is 22.2 Å². The lowest BCUT2D eigenvalue weighted by atomic mass is 9.67. The molecule has 8 heteroatoms. The van der Waals surface area contributed by atoms with Gasteiger partial charge in [-0.05, 0) is 56.7 Å². The summed E-state index contributed by atoms with van der Waals surface area (Å²) in [6, 6.07) is 3.33. The Bertz CT molecular complexity index is 1110. The highest BCUT2D eigenvalue weighted by molar-refractivity contribution is 5.80. The predicted molar refractivity (Wildman–Crippen MR) is 110 cm³/mol. The van der Waals surface area contributed by atoms with E-state index in [1.54, 1.807) is 0 Å². The predicted octanol–water partition coefficient (Wildman–Crippen LogP) is 4.45. The van der Waals surface area contributed by atoms with Gasteiger partial charge in [-0.15, -0.1) is 0 Å². The summed E-state index contributed by atoms with van der Waals surface area (Å²) in [5.41, 5.74) is -0.493. The topological polar surface area (TPSA) is 56.5 Å². The van der Waals surface area contributed by atoms with Crippen molar-refractivity contribution in [3.05, 3.63) is 44.8 Å². The van der Waals surface area contributed by atoms with Crippen LogP contribution in [0.4, 0.5) is 19.1 Å². The highest BCUT2D eigenvalue weighted by Crippen LogP contribution is 2.49. The fraction of sp³-hybridized carbons (Fsp3) is 0.609. The lowest BCUT2D eigenvalue weighted by Crippen LogP contribution is -2.71. The molecule has 5 heterocycles. The third-order valence-electron chi connectivity index (χ3n) is 8.22. The summed E-state index contributed by atoms with van der Waals surface area (Å²) in [5, 5.41) is 13.7. The van der Waals surface area contributed by atoms with Gasteiger partial charge in [0.15, 0.2) is 5.43 Å². The maximum Gasteiger partial charge on any atom is 0.416 e. The lowest BCUT2D eigenvalue weighted by molar-refractivity contribution is -0.925. The van der Waals surface area contributed by atoms with Crippen LogP contribution in [0.5, 0.6) is 0 Å². The second-order valence-corrected chi connectivity index (χ2v) is 9.78. The average Bonchev–Trinajstić information content (AvgIpc) is 2.73. The second-order valence-electron chi connectivity index (χ2n) is 9.78. The van der Waals surface area contributed by atoms with Crippen molar-refractivity contribution in [1.29, 1.82) is 0 Å². The fourth-order valence-corrected chi connectivity index (χ4v) is 7.03. The summed E-state index contributed by atoms with van der Waals surface area (Å²) < 4.78 is 45.6. The monoisotopic (exact) mass is 434 g/mol. The minimum Gasteiger partial charge on any atom is -0.633 e. The molecule has 4 aliphatic rings. The number of halogens is 3. The number of alkyl halides is 3. The minimum absolute atomic E-state index is 0.0115. The molecule has 1 aromatic heterocycles. The van der Waals surface area contributed by atoms with Crippen molar-refractivity contribution in [1.82, 2.24) is 0 Å². The Morgan fingerprint density at radius 3 is 2.68 bits per heavy atom. The normalized spacial score (nSPS) is 34.8. The first-order chi connectivity index (χ1) is 14.8. The first kappa shape index (κ1) is 19.6. The van der Waals surface area contributed by atoms with Crippen molar-refractivity contribution in [2.24, 2.45) is 11.8 Å². The largest absolute Gasteiger partial charge is 0.633 e. The molecule has 3 fully saturated rings. The number of nitrogens with zero attached hydrogens (tertiary/aromatic N) is 2. The quantitative estimate of drug-likeness (QED) is 0.454. The minimum atomic E-state index is -4.50. The van der Waals surface area contributed by atoms with Crippen LogP contribution >= 0.6 is 0 Å². The van der Waals surface area contributed by atoms with E-state index in [-0.39, 0.29) is 45.0 Å². The highest BCUT2D eigenvalue weighted by Gasteiger charge is 2.55. The molecule has 5 nitrogen and oxygen atoms in total. The molecule has 0 amide bonds. The van der Waals surface area contributed by atoms with Gasteiger partial charge < -0.3 is 19.2 Å². The maximum absolute atomic E-state index is 13.5. The zero-order chi connectivity index (χ0) is 21.5. The Labute approximate surface area is 177 Å². The molecule has 3 saturated heterocycles. The van der Waals surface area contributed by atoms with E-state index in [0.29, 0.717) is 37.5 Å². The SMILES string of the molecule is O=c1c2c(oc3cc(C(F)(F)F)ccc13)N1C[C@@H]3CCC[N+]4([O-])CCC[C@@H]([C@H]34)[C@H]1CC2. The van der Waals surface area contributed by atoms with Gasteiger partial charge in [0.05, 0.1) is 35.6 Å². The van der Waals surface area contributed by atoms with Crippen LogP contribution in [0, 0.1) is 17.0 Å². The Morgan fingerprint density at radius 1 is 1.13 bits per heavy atom. The molecule has 5 atom stereocenters. The van der Waals surface area contributed by atoms with E-state index in [2.05, 4.69) is 4.90 Å². The molecule has 0 spiro atoms. The molecule has 1 unspecified atom stereocenters. The number of anilines is 1. The van der Waals surface area contributed by atoms with Crippen molar-refractivity contribution in [2.75, 3.05) is 24.5 Å². The van der Waals surface area contributed by atoms with Crippen LogP contribution in [0.25, 0.3) is 11.0 Å². The van der Waals surface area contributed by atoms with Crippen molar-refractivity contribution in [3.8, 4) is 0 Å². The molecule has 4 aliphatic heterocycles. The summed E-state index contributed by atoms with van der Waals surface area (Å²) in [5.74, 6) is 0.925. The number of hydrogen-bond acceptors (Lipinski definition) is 4. The second kappa shape index (κ2) is 6.48. The molecular weight excluding hydrogens is 409 g/mol. The van der Waals surface area contributed by atoms with Gasteiger partial charge in [0, 0.05) is 24.4 Å². The summed E-state index contributed by atoms with van der Waals surface area (Å²) in [6.45, 7) is 2.04. The molecule has 166 valence electrons. The summed E-state index contributed by atoms with van der Waals surface area (Å²) in [6.07, 6.45) is 0.627. The van der Waals surface area contributed by atoms with Gasteiger partial charge in [-0.1, -0.05) is 0 Å². The van der Waals surface area contributed by atoms with Crippen LogP contribution < -0.4 is 10.3 Å². The van der Waals surface area contributed by atoms with Crippen LogP contribution in [0.15, 0.2) is 27.4 Å². The van der Waals surface area contributed by atoms with Crippen molar-refractivity contribution in [3.63, 3.8) is 0 Å². The number of hydroxylamine groups is 3. The van der Waals surface area contributed by atoms with Gasteiger partial charge in [-0.25, -0.2) is 0 Å². The molecule has 0 N–H and O–H groups in total. The number of benzene rings is 1. The van der Waals surface area contributed by atoms with Crippen LogP contribution in [0.2, 0.25) is 0 Å². The number of rotatable bonds is 0. The van der Waals surface area contributed by atoms with Gasteiger partial charge in [-0.3, -0.25) is 4.79 Å². The van der Waals surface area contributed by atoms with Gasteiger partial charge in [0.2, 0.25) is 5.88 Å². The summed E-state index contributed by atoms with van der Waals surface area (Å²) >= 11 is 0. The zero-order valence-electron chi connectivity index (χ0n) is 17.2. The van der Waals surface area contributed by atoms with Gasteiger partial charge in [0.1, 0.15) is 5.58 Å². The number of fused-ring (bicyclic) bond motifs is 5. The van der Waals surface area contributed by atoms with E-state index >= 15 is 0 Å². The molecule has 1 aromatic carbocycles. The van der Waals surface area contributed by atoms with Crippen molar-refractivity contribution in [2.45, 2.75) is 56.8 Å². The van der Waals surface area contributed by atoms with E-state index < -0.39 is 11.7 Å². The lowest BCUT2D eigenvalue weighted by Gasteiger charge is -2.64. The van der Waals surface area contributed by atoms with E-state index in [4.69, 9.17) is 4.42 Å². The fourth-order valence-electron chi connectivity index (χ4n) is 7.03. The van der Waals surface area contributed by atoms with E-state index in [9.17, 15) is 23.2 Å². The zero-order valence-corrected chi connectivity index (χ0v) is 17.2. The summed E-state index contributed by atoms with van der Waals surface area (Å²) in [4.78, 5) is 15.3. The van der Waals surface area contributed by atoms with Crippen LogP contribution in [0.3, 0.4) is 0 Å². The first-order valence-electron chi connectivity index (χ1n) is 11.3. The molecule has 0 saturated carbocycles. The van der Waals surface area contributed by atoms with Crippen LogP contribution in [-0.2, 0) is 12.6 Å². The third kappa shape index (κ3) is 2.80. The Balaban J connectivity index is 1.47. The van der Waals surface area contributed by atoms with Gasteiger partial charge in [-0.2, -0.15) is 13.2 Å². The molecule has 6 rings (SSSR count). The number of hydrogen-bond donors (Lipinski definition) is 0. The highest BCUT2D eigenvalue weighted by atomic mass is 19.4. The summed E-state index contributed by atoms with van der Waals surface area (Å²) in [7, 11) is 0. The van der Waals surface area contributed by atoms with E-state index in [0.717, 1.165) is 44.2 Å². The van der Waals surface area contributed by atoms with E-state index in [1.165, 1.54) is 6.07 Å². The third-order valence-corrected chi connectivity index (χ3v) is 8.22. The molecule has 0 aliphatic carbocycles. The molecular formula is C23H25F3N2O3. The van der Waals surface area contributed by atoms with E-state index in [1.807, 2.05) is 0 Å². The average molecular weight is 434 g/mol. The van der Waals surface area contributed by atoms with Gasteiger partial charge in [0.25, 0.3) is 0 Å². The Kier molecular flexibility index (Phi) is 4.10. The van der Waals surface area contributed by atoms with Crippen LogP contribution in [0.1, 0.15) is 43.2 Å². The smallest absolute Gasteiger partial charge is 0.416 e. The van der Waals surface area contributed by atoms with Gasteiger partial charge >= 0.3 is 6.18 Å². The standard InChI is InChI=1S/C23H25F3N2O3/c24-23(25,26)14-5-6-16-19(11-14)31-22-17(21(16)29)7-8-18-15-4-2-10-28(30)9-1-3-13(20(15)28)12-27(18)22/h5-6,11,13,15,18,20H,1-4,7-10,12H2/t13-,15+,18+,20-,28?/m0/s1. The number of quaternary nitrogens is 1. The molecule has 0 radical (unpaired) electrons. The molecule has 0 bridgehead atoms. The number of piperidine rings is 3. The Hall–Kier alpha value is -2.06. The van der Waals surface area contributed by atoms with Crippen molar-refractivity contribution >= 4 is 16.9 Å². The maximum atomic E-state index is 13.5. The molecule has 2 aromatic rings. The first-order valence-corrected chi connectivity index (χ1v) is 11.3. The molecule has 31 heavy (non-hydrogen) atoms. The van der Waals surface area contributed by atoms with Crippen LogP contribution in [-0.4, -0.2) is 36.4 Å².